The van der Waals surface area contributed by atoms with Crippen molar-refractivity contribution in [3.05, 3.63) is 58.6 Å². The first-order chi connectivity index (χ1) is 10.5. The van der Waals surface area contributed by atoms with E-state index in [1.54, 1.807) is 50.6 Å². The van der Waals surface area contributed by atoms with Gasteiger partial charge in [-0.05, 0) is 41.8 Å². The first-order valence-electron chi connectivity index (χ1n) is 6.74. The first kappa shape index (κ1) is 16.2. The van der Waals surface area contributed by atoms with Gasteiger partial charge in [0.05, 0.1) is 20.1 Å². The van der Waals surface area contributed by atoms with E-state index in [1.165, 1.54) is 0 Å². The van der Waals surface area contributed by atoms with Crippen molar-refractivity contribution in [1.82, 2.24) is 0 Å². The molecule has 0 aromatic heterocycles. The summed E-state index contributed by atoms with van der Waals surface area (Å²) in [5.74, 6) is -0.370. The number of hydrogen-bond donors (Lipinski definition) is 1. The molecule has 0 saturated carbocycles. The first-order valence-corrected chi connectivity index (χ1v) is 7.12. The second-order valence-electron chi connectivity index (χ2n) is 4.84. The Kier molecular flexibility index (Phi) is 5.28. The molecule has 2 rings (SSSR count). The van der Waals surface area contributed by atoms with Gasteiger partial charge >= 0.3 is 5.97 Å². The van der Waals surface area contributed by atoms with Crippen molar-refractivity contribution in [2.45, 2.75) is 12.3 Å². The standard InChI is InChI=1S/C17H17ClO4/c1-21-15-7-6-11(9-16(15)22-2)8-14(17(19)20)12-4-3-5-13(18)10-12/h3-7,9-10,14H,8H2,1-2H3,(H,19,20). The lowest BCUT2D eigenvalue weighted by molar-refractivity contribution is -0.138. The van der Waals surface area contributed by atoms with Crippen molar-refractivity contribution in [1.29, 1.82) is 0 Å². The van der Waals surface area contributed by atoms with E-state index in [1.807, 2.05) is 6.07 Å². The summed E-state index contributed by atoms with van der Waals surface area (Å²) in [7, 11) is 3.11. The quantitative estimate of drug-likeness (QED) is 0.880. The second-order valence-corrected chi connectivity index (χ2v) is 5.28. The SMILES string of the molecule is COc1ccc(CC(C(=O)O)c2cccc(Cl)c2)cc1OC. The maximum atomic E-state index is 11.6. The summed E-state index contributed by atoms with van der Waals surface area (Å²) >= 11 is 5.95. The number of carboxylic acids is 1. The van der Waals surface area contributed by atoms with Gasteiger partial charge < -0.3 is 14.6 Å². The molecule has 0 radical (unpaired) electrons. The minimum atomic E-state index is -0.892. The monoisotopic (exact) mass is 320 g/mol. The minimum Gasteiger partial charge on any atom is -0.493 e. The molecule has 0 aliphatic carbocycles. The Labute approximate surface area is 134 Å². The highest BCUT2D eigenvalue weighted by Crippen LogP contribution is 2.30. The van der Waals surface area contributed by atoms with Gasteiger partial charge in [-0.15, -0.1) is 0 Å². The molecule has 0 spiro atoms. The predicted molar refractivity (Wildman–Crippen MR) is 85.1 cm³/mol. The van der Waals surface area contributed by atoms with E-state index in [4.69, 9.17) is 21.1 Å². The number of methoxy groups -OCH3 is 2. The third-order valence-corrected chi connectivity index (χ3v) is 3.67. The molecule has 0 aliphatic rings. The number of aliphatic carboxylic acids is 1. The van der Waals surface area contributed by atoms with E-state index in [9.17, 15) is 9.90 Å². The fraction of sp³-hybridized carbons (Fsp3) is 0.235. The van der Waals surface area contributed by atoms with Crippen LogP contribution in [-0.4, -0.2) is 25.3 Å². The van der Waals surface area contributed by atoms with Gasteiger partial charge in [0.1, 0.15) is 0 Å². The molecule has 1 N–H and O–H groups in total. The molecule has 0 aliphatic heterocycles. The van der Waals surface area contributed by atoms with Crippen LogP contribution in [0.3, 0.4) is 0 Å². The highest BCUT2D eigenvalue weighted by Gasteiger charge is 2.21. The maximum Gasteiger partial charge on any atom is 0.311 e. The van der Waals surface area contributed by atoms with Crippen LogP contribution in [0.25, 0.3) is 0 Å². The summed E-state index contributed by atoms with van der Waals surface area (Å²) in [4.78, 5) is 11.6. The molecule has 0 amide bonds. The fourth-order valence-electron chi connectivity index (χ4n) is 2.31. The average Bonchev–Trinajstić information content (AvgIpc) is 2.52. The van der Waals surface area contributed by atoms with Crippen LogP contribution in [0, 0.1) is 0 Å². The van der Waals surface area contributed by atoms with Crippen molar-refractivity contribution in [3.8, 4) is 11.5 Å². The van der Waals surface area contributed by atoms with Crippen molar-refractivity contribution in [3.63, 3.8) is 0 Å². The highest BCUT2D eigenvalue weighted by molar-refractivity contribution is 6.30. The zero-order valence-corrected chi connectivity index (χ0v) is 13.1. The molecule has 5 heteroatoms. The van der Waals surface area contributed by atoms with Crippen molar-refractivity contribution < 1.29 is 19.4 Å². The third-order valence-electron chi connectivity index (χ3n) is 3.44. The van der Waals surface area contributed by atoms with Crippen LogP contribution in [0.2, 0.25) is 5.02 Å². The van der Waals surface area contributed by atoms with Crippen LogP contribution in [-0.2, 0) is 11.2 Å². The van der Waals surface area contributed by atoms with Crippen molar-refractivity contribution in [2.24, 2.45) is 0 Å². The van der Waals surface area contributed by atoms with Gasteiger partial charge in [0, 0.05) is 5.02 Å². The predicted octanol–water partition coefficient (Wildman–Crippen LogP) is 3.77. The van der Waals surface area contributed by atoms with Crippen LogP contribution in [0.1, 0.15) is 17.0 Å². The van der Waals surface area contributed by atoms with E-state index >= 15 is 0 Å². The third kappa shape index (κ3) is 3.71. The zero-order valence-electron chi connectivity index (χ0n) is 12.4. The number of halogens is 1. The molecule has 2 aromatic rings. The summed E-state index contributed by atoms with van der Waals surface area (Å²) in [5, 5.41) is 10.0. The Hall–Kier alpha value is -2.20. The van der Waals surface area contributed by atoms with Crippen LogP contribution < -0.4 is 9.47 Å². The Morgan fingerprint density at radius 2 is 1.86 bits per heavy atom. The minimum absolute atomic E-state index is 0.343. The summed E-state index contributed by atoms with van der Waals surface area (Å²) in [6.45, 7) is 0. The number of rotatable bonds is 6. The Morgan fingerprint density at radius 1 is 1.14 bits per heavy atom. The number of carbonyl (C=O) groups is 1. The van der Waals surface area contributed by atoms with E-state index in [2.05, 4.69) is 0 Å². The van der Waals surface area contributed by atoms with E-state index in [-0.39, 0.29) is 0 Å². The summed E-state index contributed by atoms with van der Waals surface area (Å²) < 4.78 is 10.4. The summed E-state index contributed by atoms with van der Waals surface area (Å²) in [6.07, 6.45) is 0.343. The summed E-state index contributed by atoms with van der Waals surface area (Å²) in [6, 6.07) is 12.3. The second kappa shape index (κ2) is 7.18. The number of benzene rings is 2. The molecular weight excluding hydrogens is 304 g/mol. The van der Waals surface area contributed by atoms with E-state index < -0.39 is 11.9 Å². The fourth-order valence-corrected chi connectivity index (χ4v) is 2.51. The molecule has 1 atom stereocenters. The normalized spacial score (nSPS) is 11.8. The topological polar surface area (TPSA) is 55.8 Å². The number of hydrogen-bond acceptors (Lipinski definition) is 3. The zero-order chi connectivity index (χ0) is 16.1. The molecule has 2 aromatic carbocycles. The molecule has 0 bridgehead atoms. The lowest BCUT2D eigenvalue weighted by Gasteiger charge is -2.15. The van der Waals surface area contributed by atoms with Crippen molar-refractivity contribution >= 4 is 17.6 Å². The van der Waals surface area contributed by atoms with E-state index in [0.29, 0.717) is 28.5 Å². The van der Waals surface area contributed by atoms with Crippen LogP contribution in [0.5, 0.6) is 11.5 Å². The Bertz CT molecular complexity index is 669. The molecule has 116 valence electrons. The molecule has 0 heterocycles. The lowest BCUT2D eigenvalue weighted by atomic mass is 9.92. The molecule has 0 fully saturated rings. The van der Waals surface area contributed by atoms with Gasteiger partial charge in [-0.2, -0.15) is 0 Å². The molecule has 1 unspecified atom stereocenters. The van der Waals surface area contributed by atoms with Crippen LogP contribution in [0.15, 0.2) is 42.5 Å². The molecular formula is C17H17ClO4. The van der Waals surface area contributed by atoms with Gasteiger partial charge in [0.25, 0.3) is 0 Å². The Morgan fingerprint density at radius 3 is 2.45 bits per heavy atom. The van der Waals surface area contributed by atoms with Gasteiger partial charge in [-0.25, -0.2) is 0 Å². The molecule has 22 heavy (non-hydrogen) atoms. The molecule has 4 nitrogen and oxygen atoms in total. The Balaban J connectivity index is 2.31. The lowest BCUT2D eigenvalue weighted by Crippen LogP contribution is -2.14. The van der Waals surface area contributed by atoms with E-state index in [0.717, 1.165) is 5.56 Å². The largest absolute Gasteiger partial charge is 0.493 e. The number of carboxylic acid groups (broad SMARTS) is 1. The molecule has 0 saturated heterocycles. The highest BCUT2D eigenvalue weighted by atomic mass is 35.5. The average molecular weight is 321 g/mol. The van der Waals surface area contributed by atoms with Crippen molar-refractivity contribution in [2.75, 3.05) is 14.2 Å². The van der Waals surface area contributed by atoms with Gasteiger partial charge in [-0.3, -0.25) is 4.79 Å². The van der Waals surface area contributed by atoms with Crippen LogP contribution in [0.4, 0.5) is 0 Å². The van der Waals surface area contributed by atoms with Gasteiger partial charge in [0.15, 0.2) is 11.5 Å². The van der Waals surface area contributed by atoms with Crippen LogP contribution >= 0.6 is 11.6 Å². The number of ether oxygens (including phenoxy) is 2. The van der Waals surface area contributed by atoms with Gasteiger partial charge in [-0.1, -0.05) is 29.8 Å². The summed E-state index contributed by atoms with van der Waals surface area (Å²) in [5.41, 5.74) is 1.53. The smallest absolute Gasteiger partial charge is 0.311 e. The van der Waals surface area contributed by atoms with Gasteiger partial charge in [0.2, 0.25) is 0 Å². The maximum absolute atomic E-state index is 11.6.